The summed E-state index contributed by atoms with van der Waals surface area (Å²) in [5.74, 6) is -0.277. The first-order chi connectivity index (χ1) is 8.13. The van der Waals surface area contributed by atoms with E-state index in [0.717, 1.165) is 13.1 Å². The third-order valence-corrected chi connectivity index (χ3v) is 2.90. The highest BCUT2D eigenvalue weighted by Gasteiger charge is 2.25. The molecule has 0 aromatic heterocycles. The summed E-state index contributed by atoms with van der Waals surface area (Å²) in [5, 5.41) is 18.8. The summed E-state index contributed by atoms with van der Waals surface area (Å²) in [6, 6.07) is 4.32. The largest absolute Gasteiger partial charge is 0.494 e. The normalized spacial score (nSPS) is 14.3. The quantitative estimate of drug-likeness (QED) is 0.612. The van der Waals surface area contributed by atoms with Crippen LogP contribution in [0, 0.1) is 22.6 Å². The molecule has 1 fully saturated rings. The van der Waals surface area contributed by atoms with Crippen molar-refractivity contribution in [1.82, 2.24) is 11.5 Å². The highest BCUT2D eigenvalue weighted by atomic mass is 19.1. The van der Waals surface area contributed by atoms with Gasteiger partial charge in [-0.05, 0) is 18.2 Å². The fourth-order valence-electron chi connectivity index (χ4n) is 1.67. The van der Waals surface area contributed by atoms with Crippen LogP contribution in [0.4, 0.5) is 4.39 Å². The van der Waals surface area contributed by atoms with Crippen LogP contribution in [-0.4, -0.2) is 31.6 Å². The Kier molecular flexibility index (Phi) is 4.52. The molecule has 1 aromatic carbocycles. The monoisotopic (exact) mass is 252 g/mol. The zero-order valence-corrected chi connectivity index (χ0v) is 10.2. The standard InChI is InChI=1S/C12H14FN3O.H3N/c1-17-10-3-2-7(4-9(10)13)11(14)12(15)8-5-16-6-8;/h2-4,8,14-16H,5-6H2,1H3;1H3. The molecule has 2 rings (SSSR count). The maximum Gasteiger partial charge on any atom is 0.165 e. The Hall–Kier alpha value is -1.79. The number of benzene rings is 1. The summed E-state index contributed by atoms with van der Waals surface area (Å²) in [6.45, 7) is 1.44. The first kappa shape index (κ1) is 14.3. The van der Waals surface area contributed by atoms with Gasteiger partial charge in [0.25, 0.3) is 0 Å². The van der Waals surface area contributed by atoms with Crippen LogP contribution in [0.25, 0.3) is 0 Å². The van der Waals surface area contributed by atoms with E-state index in [2.05, 4.69) is 5.32 Å². The number of methoxy groups -OCH3 is 1. The maximum absolute atomic E-state index is 13.5. The Morgan fingerprint density at radius 2 is 2.06 bits per heavy atom. The molecular weight excluding hydrogens is 235 g/mol. The molecule has 6 N–H and O–H groups in total. The summed E-state index contributed by atoms with van der Waals surface area (Å²) in [4.78, 5) is 0. The van der Waals surface area contributed by atoms with Gasteiger partial charge in [0.1, 0.15) is 0 Å². The average molecular weight is 252 g/mol. The van der Waals surface area contributed by atoms with E-state index in [-0.39, 0.29) is 29.2 Å². The van der Waals surface area contributed by atoms with Gasteiger partial charge in [0.15, 0.2) is 11.6 Å². The van der Waals surface area contributed by atoms with Gasteiger partial charge in [-0.15, -0.1) is 0 Å². The van der Waals surface area contributed by atoms with Gasteiger partial charge in [0, 0.05) is 24.6 Å². The van der Waals surface area contributed by atoms with E-state index in [1.807, 2.05) is 0 Å². The summed E-state index contributed by atoms with van der Waals surface area (Å²) in [5.41, 5.74) is 0.756. The van der Waals surface area contributed by atoms with E-state index in [4.69, 9.17) is 15.6 Å². The van der Waals surface area contributed by atoms with E-state index in [1.165, 1.54) is 19.2 Å². The van der Waals surface area contributed by atoms with E-state index in [1.54, 1.807) is 6.07 Å². The highest BCUT2D eigenvalue weighted by molar-refractivity contribution is 6.47. The molecule has 0 atom stereocenters. The van der Waals surface area contributed by atoms with Crippen molar-refractivity contribution in [1.29, 1.82) is 10.8 Å². The minimum Gasteiger partial charge on any atom is -0.494 e. The molecule has 0 aliphatic carbocycles. The minimum absolute atomic E-state index is 0. The molecule has 0 radical (unpaired) electrons. The Morgan fingerprint density at radius 3 is 2.50 bits per heavy atom. The number of ether oxygens (including phenoxy) is 1. The van der Waals surface area contributed by atoms with Crippen LogP contribution in [0.5, 0.6) is 5.75 Å². The molecule has 1 saturated heterocycles. The van der Waals surface area contributed by atoms with Crippen LogP contribution >= 0.6 is 0 Å². The van der Waals surface area contributed by atoms with E-state index in [0.29, 0.717) is 5.56 Å². The lowest BCUT2D eigenvalue weighted by atomic mass is 9.91. The van der Waals surface area contributed by atoms with Crippen molar-refractivity contribution in [2.45, 2.75) is 0 Å². The summed E-state index contributed by atoms with van der Waals surface area (Å²) >= 11 is 0. The van der Waals surface area contributed by atoms with Gasteiger partial charge < -0.3 is 21.6 Å². The van der Waals surface area contributed by atoms with Crippen LogP contribution in [0.3, 0.4) is 0 Å². The highest BCUT2D eigenvalue weighted by Crippen LogP contribution is 2.19. The Balaban J connectivity index is 0.00000162. The first-order valence-corrected chi connectivity index (χ1v) is 5.35. The zero-order chi connectivity index (χ0) is 12.4. The van der Waals surface area contributed by atoms with Crippen LogP contribution in [-0.2, 0) is 0 Å². The van der Waals surface area contributed by atoms with Gasteiger partial charge in [-0.3, -0.25) is 5.41 Å². The lowest BCUT2D eigenvalue weighted by Crippen LogP contribution is -2.48. The maximum atomic E-state index is 13.5. The van der Waals surface area contributed by atoms with Crippen LogP contribution in [0.1, 0.15) is 5.56 Å². The molecule has 1 aliphatic heterocycles. The number of hydrogen-bond acceptors (Lipinski definition) is 5. The smallest absolute Gasteiger partial charge is 0.165 e. The second-order valence-corrected chi connectivity index (χ2v) is 3.99. The zero-order valence-electron chi connectivity index (χ0n) is 10.2. The molecule has 1 heterocycles. The molecule has 0 unspecified atom stereocenters. The topological polar surface area (TPSA) is 104 Å². The molecule has 0 saturated carbocycles. The van der Waals surface area contributed by atoms with Crippen molar-refractivity contribution >= 4 is 11.4 Å². The molecule has 5 nitrogen and oxygen atoms in total. The molecule has 6 heteroatoms. The van der Waals surface area contributed by atoms with E-state index >= 15 is 0 Å². The fourth-order valence-corrected chi connectivity index (χ4v) is 1.67. The average Bonchev–Trinajstić information content (AvgIpc) is 2.25. The van der Waals surface area contributed by atoms with Gasteiger partial charge >= 0.3 is 0 Å². The molecule has 1 aromatic rings. The molecule has 98 valence electrons. The van der Waals surface area contributed by atoms with Crippen LogP contribution in [0.15, 0.2) is 18.2 Å². The van der Waals surface area contributed by atoms with Crippen molar-refractivity contribution in [2.75, 3.05) is 20.2 Å². The van der Waals surface area contributed by atoms with Gasteiger partial charge in [0.2, 0.25) is 0 Å². The lowest BCUT2D eigenvalue weighted by Gasteiger charge is -2.27. The van der Waals surface area contributed by atoms with E-state index in [9.17, 15) is 4.39 Å². The fraction of sp³-hybridized carbons (Fsp3) is 0.333. The first-order valence-electron chi connectivity index (χ1n) is 5.35. The van der Waals surface area contributed by atoms with E-state index < -0.39 is 5.82 Å². The number of nitrogens with one attached hydrogen (secondary N) is 3. The summed E-state index contributed by atoms with van der Waals surface area (Å²) in [7, 11) is 1.39. The Morgan fingerprint density at radius 1 is 1.39 bits per heavy atom. The van der Waals surface area contributed by atoms with Crippen molar-refractivity contribution < 1.29 is 9.13 Å². The van der Waals surface area contributed by atoms with Gasteiger partial charge in [-0.1, -0.05) is 0 Å². The lowest BCUT2D eigenvalue weighted by molar-refractivity contribution is 0.386. The van der Waals surface area contributed by atoms with Gasteiger partial charge in [0.05, 0.1) is 18.5 Å². The number of rotatable bonds is 4. The molecule has 1 aliphatic rings. The number of hydrogen-bond donors (Lipinski definition) is 4. The second-order valence-electron chi connectivity index (χ2n) is 3.99. The molecule has 18 heavy (non-hydrogen) atoms. The summed E-state index contributed by atoms with van der Waals surface area (Å²) in [6.07, 6.45) is 0. The Bertz CT molecular complexity index is 471. The molecule has 0 bridgehead atoms. The van der Waals surface area contributed by atoms with Gasteiger partial charge in [-0.25, -0.2) is 4.39 Å². The predicted molar refractivity (Wildman–Crippen MR) is 68.9 cm³/mol. The van der Waals surface area contributed by atoms with Crippen molar-refractivity contribution in [2.24, 2.45) is 5.92 Å². The molecular formula is C12H17FN4O. The van der Waals surface area contributed by atoms with Gasteiger partial charge in [-0.2, -0.15) is 0 Å². The Labute approximate surface area is 105 Å². The predicted octanol–water partition coefficient (Wildman–Crippen LogP) is 1.60. The van der Waals surface area contributed by atoms with Crippen LogP contribution < -0.4 is 16.2 Å². The van der Waals surface area contributed by atoms with Crippen molar-refractivity contribution in [3.63, 3.8) is 0 Å². The second kappa shape index (κ2) is 5.70. The molecule has 0 spiro atoms. The number of halogens is 1. The van der Waals surface area contributed by atoms with Crippen molar-refractivity contribution in [3.8, 4) is 5.75 Å². The minimum atomic E-state index is -0.505. The third kappa shape index (κ3) is 2.55. The van der Waals surface area contributed by atoms with Crippen molar-refractivity contribution in [3.05, 3.63) is 29.6 Å². The molecule has 0 amide bonds. The summed E-state index contributed by atoms with van der Waals surface area (Å²) < 4.78 is 18.3. The SMILES string of the molecule is COc1ccc(C(=N)C(=N)C2CNC2)cc1F.N. The third-order valence-electron chi connectivity index (χ3n) is 2.90. The van der Waals surface area contributed by atoms with Crippen LogP contribution in [0.2, 0.25) is 0 Å².